The molecule has 2 aliphatic heterocycles. The van der Waals surface area contributed by atoms with Crippen LogP contribution in [0.5, 0.6) is 5.75 Å². The number of carboxylic acids is 1. The third-order valence-electron chi connectivity index (χ3n) is 7.08. The topological polar surface area (TPSA) is 207 Å². The van der Waals surface area contributed by atoms with Gasteiger partial charge < -0.3 is 40.8 Å². The number of hydrogen-bond acceptors (Lipinski definition) is 9. The summed E-state index contributed by atoms with van der Waals surface area (Å²) >= 11 is 1.08. The molecule has 0 spiro atoms. The second-order valence-corrected chi connectivity index (χ2v) is 11.9. The highest BCUT2D eigenvalue weighted by molar-refractivity contribution is 8.01. The van der Waals surface area contributed by atoms with E-state index in [1.165, 1.54) is 30.3 Å². The van der Waals surface area contributed by atoms with Crippen LogP contribution in [0.25, 0.3) is 11.0 Å². The zero-order valence-corrected chi connectivity index (χ0v) is 22.9. The Morgan fingerprint density at radius 1 is 1.10 bits per heavy atom. The monoisotopic (exact) mass is 595 g/mol. The maximum absolute atomic E-state index is 13.7. The van der Waals surface area contributed by atoms with Crippen molar-refractivity contribution in [1.29, 1.82) is 0 Å². The molecule has 4 atom stereocenters. The lowest BCUT2D eigenvalue weighted by molar-refractivity contribution is -0.172. The molecule has 1 aromatic heterocycles. The quantitative estimate of drug-likeness (QED) is 0.124. The number of benzene rings is 2. The molecule has 0 radical (unpaired) electrons. The minimum Gasteiger partial charge on any atom is -0.508 e. The molecule has 6 N–H and O–H groups in total. The van der Waals surface area contributed by atoms with Crippen molar-refractivity contribution in [2.24, 2.45) is 0 Å². The van der Waals surface area contributed by atoms with Gasteiger partial charge in [0.2, 0.25) is 23.4 Å². The van der Waals surface area contributed by atoms with Crippen LogP contribution in [-0.2, 0) is 19.2 Å². The van der Waals surface area contributed by atoms with Crippen molar-refractivity contribution in [3.63, 3.8) is 0 Å². The molecule has 0 saturated carbocycles. The highest BCUT2D eigenvalue weighted by Crippen LogP contribution is 2.54. The maximum Gasteiger partial charge on any atom is 0.327 e. The van der Waals surface area contributed by atoms with Crippen LogP contribution in [0.1, 0.15) is 25.5 Å². The van der Waals surface area contributed by atoms with Gasteiger partial charge in [-0.25, -0.2) is 9.59 Å². The third kappa shape index (κ3) is 4.66. The van der Waals surface area contributed by atoms with Crippen LogP contribution < -0.4 is 26.7 Å². The van der Waals surface area contributed by atoms with E-state index in [9.17, 15) is 39.0 Å². The van der Waals surface area contributed by atoms with Crippen molar-refractivity contribution in [2.75, 3.05) is 5.32 Å². The molecule has 2 saturated heterocycles. The second kappa shape index (κ2) is 10.4. The summed E-state index contributed by atoms with van der Waals surface area (Å²) in [5.74, 6) is -3.15. The normalized spacial score (nSPS) is 22.8. The number of rotatable bonds is 8. The number of hydrogen-bond donors (Lipinski definition) is 6. The zero-order chi connectivity index (χ0) is 30.4. The van der Waals surface area contributed by atoms with E-state index in [1.807, 2.05) is 0 Å². The Hall–Kier alpha value is -5.05. The number of carbonyl (C=O) groups excluding carboxylic acids is 4. The summed E-state index contributed by atoms with van der Waals surface area (Å²) in [4.78, 5) is 77.5. The number of β-lactam (4-membered cyclic amide) rings is 1. The van der Waals surface area contributed by atoms with Crippen molar-refractivity contribution in [1.82, 2.24) is 20.9 Å². The molecular formula is C27H25N5O9S. The molecule has 2 aliphatic rings. The standard InChI is InChI=1S/C27H25N5O9S/c1-26(2)20(22(37)38)32-23(39)27(28-12-33,24(32)42-26)31-21(36)18(13-7-9-14(34)10-8-13)30-25(40)29-16-11-41-17-6-4-3-5-15(17)19(16)35/h3-12,18,20,24,34H,1-2H3,(H,28,33)(H,31,36)(H,37,38)(H2,29,30,40)/t18?,20-,24+,27+/m0/s1. The largest absolute Gasteiger partial charge is 0.508 e. The molecule has 5 amide bonds. The van der Waals surface area contributed by atoms with E-state index >= 15 is 0 Å². The summed E-state index contributed by atoms with van der Waals surface area (Å²) in [6, 6.07) is 7.97. The summed E-state index contributed by atoms with van der Waals surface area (Å²) in [7, 11) is 0. The Morgan fingerprint density at radius 2 is 1.79 bits per heavy atom. The SMILES string of the molecule is CC1(C)S[C@H]2N(C(=O)[C@@]2(NC=O)NC(=O)C(NC(=O)Nc2coc3ccccc3c2=O)c2ccc(O)cc2)[C@H]1C(=O)O. The molecule has 14 nitrogen and oxygen atoms in total. The lowest BCUT2D eigenvalue weighted by Crippen LogP contribution is -2.85. The van der Waals surface area contributed by atoms with Gasteiger partial charge in [0.25, 0.3) is 5.91 Å². The summed E-state index contributed by atoms with van der Waals surface area (Å²) in [5.41, 5.74) is -2.25. The van der Waals surface area contributed by atoms with Crippen LogP contribution in [0.15, 0.2) is 64.0 Å². The fraction of sp³-hybridized carbons (Fsp3) is 0.259. The number of para-hydroxylation sites is 1. The summed E-state index contributed by atoms with van der Waals surface area (Å²) in [6.45, 7) is 3.26. The fourth-order valence-corrected chi connectivity index (χ4v) is 6.78. The molecule has 0 aliphatic carbocycles. The van der Waals surface area contributed by atoms with Crippen LogP contribution >= 0.6 is 11.8 Å². The Kier molecular flexibility index (Phi) is 7.06. The molecule has 42 heavy (non-hydrogen) atoms. The number of aromatic hydroxyl groups is 1. The van der Waals surface area contributed by atoms with Gasteiger partial charge in [0.05, 0.1) is 5.39 Å². The third-order valence-corrected chi connectivity index (χ3v) is 8.71. The lowest BCUT2D eigenvalue weighted by Gasteiger charge is -2.52. The predicted octanol–water partition coefficient (Wildman–Crippen LogP) is 1.07. The highest BCUT2D eigenvalue weighted by atomic mass is 32.2. The van der Waals surface area contributed by atoms with E-state index in [4.69, 9.17) is 4.42 Å². The van der Waals surface area contributed by atoms with Crippen LogP contribution in [0.2, 0.25) is 0 Å². The number of thioether (sulfide) groups is 1. The van der Waals surface area contributed by atoms with Crippen LogP contribution in [0.4, 0.5) is 10.5 Å². The van der Waals surface area contributed by atoms with Gasteiger partial charge in [0.15, 0.2) is 0 Å². The molecule has 5 rings (SSSR count). The smallest absolute Gasteiger partial charge is 0.327 e. The van der Waals surface area contributed by atoms with E-state index in [2.05, 4.69) is 21.3 Å². The van der Waals surface area contributed by atoms with Crippen molar-refractivity contribution < 1.29 is 38.6 Å². The lowest BCUT2D eigenvalue weighted by atomic mass is 9.91. The molecular weight excluding hydrogens is 570 g/mol. The first-order valence-electron chi connectivity index (χ1n) is 12.5. The van der Waals surface area contributed by atoms with Gasteiger partial charge in [-0.1, -0.05) is 24.3 Å². The van der Waals surface area contributed by atoms with Crippen molar-refractivity contribution in [3.05, 3.63) is 70.6 Å². The number of nitrogens with zero attached hydrogens (tertiary/aromatic N) is 1. The Labute approximate surface area is 241 Å². The second-order valence-electron chi connectivity index (χ2n) is 10.2. The number of anilines is 1. The fourth-order valence-electron chi connectivity index (χ4n) is 5.12. The first kappa shape index (κ1) is 28.5. The zero-order valence-electron chi connectivity index (χ0n) is 22.1. The summed E-state index contributed by atoms with van der Waals surface area (Å²) in [5, 5.41) is 28.4. The number of phenolic OH excluding ortho intramolecular Hbond substituents is 1. The molecule has 2 aromatic carbocycles. The van der Waals surface area contributed by atoms with Crippen molar-refractivity contribution >= 4 is 58.6 Å². The van der Waals surface area contributed by atoms with Crippen molar-refractivity contribution in [2.45, 2.75) is 41.7 Å². The number of phenols is 1. The predicted molar refractivity (Wildman–Crippen MR) is 149 cm³/mol. The molecule has 0 bridgehead atoms. The van der Waals surface area contributed by atoms with Gasteiger partial charge in [0.1, 0.15) is 40.7 Å². The highest BCUT2D eigenvalue weighted by Gasteiger charge is 2.72. The van der Waals surface area contributed by atoms with Crippen molar-refractivity contribution in [3.8, 4) is 5.75 Å². The Morgan fingerprint density at radius 3 is 2.45 bits per heavy atom. The average molecular weight is 596 g/mol. The van der Waals surface area contributed by atoms with Gasteiger partial charge in [-0.15, -0.1) is 11.8 Å². The molecule has 3 aromatic rings. The molecule has 2 fully saturated rings. The average Bonchev–Trinajstić information content (AvgIpc) is 3.22. The van der Waals surface area contributed by atoms with E-state index in [-0.39, 0.29) is 28.8 Å². The number of amides is 5. The van der Waals surface area contributed by atoms with Gasteiger partial charge in [-0.3, -0.25) is 19.2 Å². The Bertz CT molecular complexity index is 1670. The van der Waals surface area contributed by atoms with Crippen LogP contribution in [0, 0.1) is 0 Å². The van der Waals surface area contributed by atoms with Gasteiger partial charge in [-0.2, -0.15) is 0 Å². The number of urea groups is 1. The molecule has 3 heterocycles. The summed E-state index contributed by atoms with van der Waals surface area (Å²) in [6.07, 6.45) is 1.27. The van der Waals surface area contributed by atoms with E-state index in [0.29, 0.717) is 5.58 Å². The number of aliphatic carboxylic acids is 1. The van der Waals surface area contributed by atoms with E-state index in [0.717, 1.165) is 22.9 Å². The molecule has 15 heteroatoms. The number of fused-ring (bicyclic) bond motifs is 2. The van der Waals surface area contributed by atoms with Gasteiger partial charge in [0, 0.05) is 4.75 Å². The van der Waals surface area contributed by atoms with Crippen LogP contribution in [0.3, 0.4) is 0 Å². The number of carbonyl (C=O) groups is 5. The van der Waals surface area contributed by atoms with Crippen LogP contribution in [-0.4, -0.2) is 67.2 Å². The van der Waals surface area contributed by atoms with E-state index < -0.39 is 57.1 Å². The first-order chi connectivity index (χ1) is 19.9. The molecule has 1 unspecified atom stereocenters. The number of nitrogens with one attached hydrogen (secondary N) is 4. The first-order valence-corrected chi connectivity index (χ1v) is 13.4. The van der Waals surface area contributed by atoms with E-state index in [1.54, 1.807) is 32.0 Å². The minimum absolute atomic E-state index is 0.121. The maximum atomic E-state index is 13.7. The Balaban J connectivity index is 1.43. The molecule has 218 valence electrons. The van der Waals surface area contributed by atoms with Gasteiger partial charge >= 0.3 is 12.0 Å². The van der Waals surface area contributed by atoms with Gasteiger partial charge in [-0.05, 0) is 43.7 Å². The minimum atomic E-state index is -2.00. The number of carboxylic acid groups (broad SMARTS) is 1. The summed E-state index contributed by atoms with van der Waals surface area (Å²) < 4.78 is 4.45.